The molecule has 0 radical (unpaired) electrons. The number of aromatic carboxylic acids is 1. The van der Waals surface area contributed by atoms with Gasteiger partial charge in [0, 0.05) is 18.7 Å². The summed E-state index contributed by atoms with van der Waals surface area (Å²) in [5.74, 6) is -2.54. The predicted octanol–water partition coefficient (Wildman–Crippen LogP) is 3.48. The van der Waals surface area contributed by atoms with E-state index in [1.165, 1.54) is 25.3 Å². The second-order valence-electron chi connectivity index (χ2n) is 4.23. The number of carbonyl (C=O) groups is 1. The summed E-state index contributed by atoms with van der Waals surface area (Å²) in [7, 11) is 1.48. The fourth-order valence-corrected chi connectivity index (χ4v) is 1.95. The molecule has 104 valence electrons. The Morgan fingerprint density at radius 2 is 1.90 bits per heavy atom. The molecule has 0 aliphatic carbocycles. The number of benzene rings is 2. The van der Waals surface area contributed by atoms with E-state index in [4.69, 9.17) is 9.84 Å². The van der Waals surface area contributed by atoms with Gasteiger partial charge in [-0.3, -0.25) is 0 Å². The van der Waals surface area contributed by atoms with Crippen LogP contribution in [-0.4, -0.2) is 18.2 Å². The molecule has 0 fully saturated rings. The summed E-state index contributed by atoms with van der Waals surface area (Å²) in [5, 5.41) is 9.01. The maximum absolute atomic E-state index is 13.9. The molecule has 0 aliphatic heterocycles. The summed E-state index contributed by atoms with van der Waals surface area (Å²) < 4.78 is 31.8. The first-order chi connectivity index (χ1) is 9.52. The second kappa shape index (κ2) is 5.79. The van der Waals surface area contributed by atoms with Crippen molar-refractivity contribution < 1.29 is 23.4 Å². The molecule has 20 heavy (non-hydrogen) atoms. The average Bonchev–Trinajstić information content (AvgIpc) is 2.40. The lowest BCUT2D eigenvalue weighted by atomic mass is 9.97. The number of carboxylic acid groups (broad SMARTS) is 1. The Bertz CT molecular complexity index is 654. The number of rotatable bonds is 4. The molecule has 0 bridgehead atoms. The zero-order valence-corrected chi connectivity index (χ0v) is 10.7. The molecule has 5 heteroatoms. The van der Waals surface area contributed by atoms with Crippen LogP contribution < -0.4 is 0 Å². The van der Waals surface area contributed by atoms with E-state index < -0.39 is 17.6 Å². The smallest absolute Gasteiger partial charge is 0.335 e. The predicted molar refractivity (Wildman–Crippen MR) is 69.5 cm³/mol. The molecule has 0 amide bonds. The van der Waals surface area contributed by atoms with Crippen LogP contribution in [0.15, 0.2) is 36.4 Å². The topological polar surface area (TPSA) is 46.5 Å². The van der Waals surface area contributed by atoms with E-state index in [0.29, 0.717) is 11.1 Å². The Morgan fingerprint density at radius 3 is 2.50 bits per heavy atom. The summed E-state index contributed by atoms with van der Waals surface area (Å²) in [4.78, 5) is 11.0. The van der Waals surface area contributed by atoms with E-state index in [1.54, 1.807) is 6.07 Å². The zero-order chi connectivity index (χ0) is 14.7. The van der Waals surface area contributed by atoms with Crippen molar-refractivity contribution in [3.8, 4) is 11.1 Å². The summed E-state index contributed by atoms with van der Waals surface area (Å²) in [6.45, 7) is 0.200. The van der Waals surface area contributed by atoms with Gasteiger partial charge in [0.15, 0.2) is 0 Å². The van der Waals surface area contributed by atoms with Gasteiger partial charge in [-0.05, 0) is 35.4 Å². The summed E-state index contributed by atoms with van der Waals surface area (Å²) in [6.07, 6.45) is 0. The number of ether oxygens (including phenoxy) is 1. The number of hydrogen-bond donors (Lipinski definition) is 1. The molecular formula is C15H12F2O3. The van der Waals surface area contributed by atoms with Gasteiger partial charge in [-0.25, -0.2) is 13.6 Å². The van der Waals surface area contributed by atoms with Crippen LogP contribution in [0.5, 0.6) is 0 Å². The van der Waals surface area contributed by atoms with Gasteiger partial charge in [-0.2, -0.15) is 0 Å². The Morgan fingerprint density at radius 1 is 1.15 bits per heavy atom. The van der Waals surface area contributed by atoms with E-state index in [1.807, 2.05) is 0 Å². The minimum atomic E-state index is -1.11. The Balaban J connectivity index is 2.62. The van der Waals surface area contributed by atoms with Crippen molar-refractivity contribution in [2.75, 3.05) is 7.11 Å². The Kier molecular flexibility index (Phi) is 4.10. The van der Waals surface area contributed by atoms with Crippen molar-refractivity contribution in [3.05, 3.63) is 59.2 Å². The summed E-state index contributed by atoms with van der Waals surface area (Å²) >= 11 is 0. The number of methoxy groups -OCH3 is 1. The molecule has 0 atom stereocenters. The van der Waals surface area contributed by atoms with Crippen LogP contribution in [0, 0.1) is 11.6 Å². The third-order valence-electron chi connectivity index (χ3n) is 2.88. The minimum absolute atomic E-state index is 0.0311. The molecule has 0 unspecified atom stereocenters. The maximum Gasteiger partial charge on any atom is 0.335 e. The van der Waals surface area contributed by atoms with Crippen molar-refractivity contribution in [2.24, 2.45) is 0 Å². The first-order valence-electron chi connectivity index (χ1n) is 5.83. The third kappa shape index (κ3) is 2.83. The maximum atomic E-state index is 13.9. The highest BCUT2D eigenvalue weighted by molar-refractivity contribution is 5.90. The fraction of sp³-hybridized carbons (Fsp3) is 0.133. The first-order valence-corrected chi connectivity index (χ1v) is 5.83. The van der Waals surface area contributed by atoms with Gasteiger partial charge in [-0.1, -0.05) is 6.07 Å². The van der Waals surface area contributed by atoms with Crippen molar-refractivity contribution in [3.63, 3.8) is 0 Å². The zero-order valence-electron chi connectivity index (χ0n) is 10.7. The van der Waals surface area contributed by atoms with E-state index in [0.717, 1.165) is 12.1 Å². The molecule has 0 aliphatic rings. The van der Waals surface area contributed by atoms with Crippen LogP contribution in [0.3, 0.4) is 0 Å². The molecule has 0 aromatic heterocycles. The van der Waals surface area contributed by atoms with E-state index in [-0.39, 0.29) is 17.7 Å². The van der Waals surface area contributed by atoms with E-state index in [2.05, 4.69) is 0 Å². The van der Waals surface area contributed by atoms with Crippen LogP contribution in [-0.2, 0) is 11.3 Å². The molecule has 1 N–H and O–H groups in total. The molecule has 0 saturated heterocycles. The number of halogens is 2. The van der Waals surface area contributed by atoms with Crippen molar-refractivity contribution in [1.82, 2.24) is 0 Å². The van der Waals surface area contributed by atoms with Crippen LogP contribution in [0.4, 0.5) is 8.78 Å². The van der Waals surface area contributed by atoms with Gasteiger partial charge in [0.25, 0.3) is 0 Å². The number of hydrogen-bond acceptors (Lipinski definition) is 2. The largest absolute Gasteiger partial charge is 0.478 e. The van der Waals surface area contributed by atoms with E-state index >= 15 is 0 Å². The molecule has 0 saturated carbocycles. The molecule has 0 heterocycles. The second-order valence-corrected chi connectivity index (χ2v) is 4.23. The highest BCUT2D eigenvalue weighted by Gasteiger charge is 2.14. The Labute approximate surface area is 114 Å². The quantitative estimate of drug-likeness (QED) is 0.931. The van der Waals surface area contributed by atoms with Crippen LogP contribution in [0.1, 0.15) is 15.9 Å². The summed E-state index contributed by atoms with van der Waals surface area (Å²) in [6, 6.07) is 7.51. The van der Waals surface area contributed by atoms with Gasteiger partial charge in [0.2, 0.25) is 0 Å². The SMILES string of the molecule is COCc1ccc(C(=O)O)cc1-c1ccc(F)cc1F. The van der Waals surface area contributed by atoms with Crippen LogP contribution in [0.2, 0.25) is 0 Å². The van der Waals surface area contributed by atoms with Crippen LogP contribution in [0.25, 0.3) is 11.1 Å². The molecule has 3 nitrogen and oxygen atoms in total. The minimum Gasteiger partial charge on any atom is -0.478 e. The lowest BCUT2D eigenvalue weighted by molar-refractivity contribution is 0.0697. The van der Waals surface area contributed by atoms with Gasteiger partial charge in [-0.15, -0.1) is 0 Å². The molecule has 0 spiro atoms. The third-order valence-corrected chi connectivity index (χ3v) is 2.88. The standard InChI is InChI=1S/C15H12F2O3/c1-20-8-10-3-2-9(15(18)19)6-13(10)12-5-4-11(16)7-14(12)17/h2-7H,8H2,1H3,(H,18,19). The van der Waals surface area contributed by atoms with E-state index in [9.17, 15) is 13.6 Å². The highest BCUT2D eigenvalue weighted by atomic mass is 19.1. The van der Waals surface area contributed by atoms with Crippen molar-refractivity contribution in [1.29, 1.82) is 0 Å². The summed E-state index contributed by atoms with van der Waals surface area (Å²) in [5.41, 5.74) is 1.18. The van der Waals surface area contributed by atoms with Crippen LogP contribution >= 0.6 is 0 Å². The van der Waals surface area contributed by atoms with Crippen molar-refractivity contribution >= 4 is 5.97 Å². The monoisotopic (exact) mass is 278 g/mol. The average molecular weight is 278 g/mol. The van der Waals surface area contributed by atoms with Gasteiger partial charge in [0.05, 0.1) is 12.2 Å². The van der Waals surface area contributed by atoms with Gasteiger partial charge < -0.3 is 9.84 Å². The normalized spacial score (nSPS) is 10.6. The molecular weight excluding hydrogens is 266 g/mol. The lowest BCUT2D eigenvalue weighted by Gasteiger charge is -2.11. The number of carboxylic acids is 1. The first kappa shape index (κ1) is 14.1. The Hall–Kier alpha value is -2.27. The van der Waals surface area contributed by atoms with Crippen molar-refractivity contribution in [2.45, 2.75) is 6.61 Å². The molecule has 2 aromatic carbocycles. The lowest BCUT2D eigenvalue weighted by Crippen LogP contribution is -2.01. The van der Waals surface area contributed by atoms with Gasteiger partial charge >= 0.3 is 5.97 Å². The molecule has 2 rings (SSSR count). The highest BCUT2D eigenvalue weighted by Crippen LogP contribution is 2.28. The fourth-order valence-electron chi connectivity index (χ4n) is 1.95. The van der Waals surface area contributed by atoms with Gasteiger partial charge in [0.1, 0.15) is 11.6 Å². The molecule has 2 aromatic rings.